The van der Waals surface area contributed by atoms with Gasteiger partial charge >= 0.3 is 0 Å². The van der Waals surface area contributed by atoms with Crippen molar-refractivity contribution in [1.82, 2.24) is 10.3 Å². The van der Waals surface area contributed by atoms with E-state index in [9.17, 15) is 9.59 Å². The van der Waals surface area contributed by atoms with Crippen LogP contribution in [0.1, 0.15) is 29.1 Å². The largest absolute Gasteiger partial charge is 0.467 e. The highest BCUT2D eigenvalue weighted by molar-refractivity contribution is 5.92. The minimum atomic E-state index is -0.579. The number of nitrogens with two attached hydrogens (primary N) is 1. The van der Waals surface area contributed by atoms with Gasteiger partial charge in [-0.3, -0.25) is 14.6 Å². The van der Waals surface area contributed by atoms with Gasteiger partial charge in [-0.2, -0.15) is 0 Å². The summed E-state index contributed by atoms with van der Waals surface area (Å²) in [5, 5.41) is 2.88. The summed E-state index contributed by atoms with van der Waals surface area (Å²) in [5.41, 5.74) is 6.25. The van der Waals surface area contributed by atoms with E-state index < -0.39 is 5.91 Å². The van der Waals surface area contributed by atoms with Gasteiger partial charge in [0.1, 0.15) is 17.5 Å². The number of carbonyl (C=O) groups excluding carboxylic acids is 2. The van der Waals surface area contributed by atoms with E-state index in [1.54, 1.807) is 24.5 Å². The van der Waals surface area contributed by atoms with Crippen molar-refractivity contribution in [2.24, 2.45) is 5.73 Å². The Bertz CT molecular complexity index is 699. The van der Waals surface area contributed by atoms with Gasteiger partial charge in [0.05, 0.1) is 12.8 Å². The molecule has 3 rings (SSSR count). The van der Waals surface area contributed by atoms with E-state index in [0.29, 0.717) is 12.3 Å². The van der Waals surface area contributed by atoms with Crippen LogP contribution in [0.2, 0.25) is 0 Å². The smallest absolute Gasteiger partial charge is 0.267 e. The van der Waals surface area contributed by atoms with Crippen LogP contribution in [0.5, 0.6) is 0 Å². The lowest BCUT2D eigenvalue weighted by Crippen LogP contribution is -2.43. The van der Waals surface area contributed by atoms with Gasteiger partial charge in [0.2, 0.25) is 5.91 Å². The molecule has 0 bridgehead atoms. The summed E-state index contributed by atoms with van der Waals surface area (Å²) in [5.74, 6) is 0.0732. The molecule has 1 saturated heterocycles. The van der Waals surface area contributed by atoms with Crippen LogP contribution in [0.25, 0.3) is 0 Å². The Morgan fingerprint density at radius 1 is 1.43 bits per heavy atom. The average Bonchev–Trinajstić information content (AvgIpc) is 3.24. The van der Waals surface area contributed by atoms with Crippen molar-refractivity contribution in [3.8, 4) is 0 Å². The predicted molar refractivity (Wildman–Crippen MR) is 83.7 cm³/mol. The molecule has 0 unspecified atom stereocenters. The highest BCUT2D eigenvalue weighted by atomic mass is 16.3. The van der Waals surface area contributed by atoms with Gasteiger partial charge in [0.15, 0.2) is 0 Å². The zero-order valence-electron chi connectivity index (χ0n) is 12.6. The molecular weight excluding hydrogens is 296 g/mol. The predicted octanol–water partition coefficient (Wildman–Crippen LogP) is 1.06. The van der Waals surface area contributed by atoms with Crippen LogP contribution in [0.3, 0.4) is 0 Å². The number of amides is 2. The Hall–Kier alpha value is -2.83. The van der Waals surface area contributed by atoms with Crippen molar-refractivity contribution < 1.29 is 14.0 Å². The Balaban J connectivity index is 1.70. The highest BCUT2D eigenvalue weighted by Gasteiger charge is 2.31. The molecule has 1 aliphatic heterocycles. The number of primary amides is 1. The number of aromatic nitrogens is 1. The first-order chi connectivity index (χ1) is 11.1. The zero-order valence-corrected chi connectivity index (χ0v) is 12.6. The molecule has 2 amide bonds. The van der Waals surface area contributed by atoms with E-state index in [0.717, 1.165) is 25.1 Å². The van der Waals surface area contributed by atoms with E-state index in [4.69, 9.17) is 10.2 Å². The molecule has 120 valence electrons. The van der Waals surface area contributed by atoms with Crippen LogP contribution in [0, 0.1) is 0 Å². The molecule has 0 aliphatic carbocycles. The molecule has 2 aromatic heterocycles. The lowest BCUT2D eigenvalue weighted by atomic mass is 10.2. The number of pyridine rings is 1. The van der Waals surface area contributed by atoms with E-state index in [1.807, 2.05) is 11.0 Å². The monoisotopic (exact) mass is 314 g/mol. The van der Waals surface area contributed by atoms with Crippen LogP contribution in [0.4, 0.5) is 5.69 Å². The Morgan fingerprint density at radius 2 is 2.30 bits per heavy atom. The normalized spacial score (nSPS) is 17.2. The summed E-state index contributed by atoms with van der Waals surface area (Å²) in [4.78, 5) is 29.6. The molecular formula is C16H18N4O3. The third kappa shape index (κ3) is 3.33. The minimum absolute atomic E-state index is 0.0589. The fraction of sp³-hybridized carbons (Fsp3) is 0.312. The molecule has 3 heterocycles. The van der Waals surface area contributed by atoms with Gasteiger partial charge < -0.3 is 20.4 Å². The van der Waals surface area contributed by atoms with Gasteiger partial charge in [0, 0.05) is 18.4 Å². The second kappa shape index (κ2) is 6.51. The SMILES string of the molecule is NC(=O)c1cc(N2CCC[C@@H]2C(=O)NCc2ccco2)ccn1. The van der Waals surface area contributed by atoms with Crippen molar-refractivity contribution in [1.29, 1.82) is 0 Å². The van der Waals surface area contributed by atoms with Gasteiger partial charge in [-0.25, -0.2) is 0 Å². The van der Waals surface area contributed by atoms with Crippen LogP contribution in [-0.4, -0.2) is 29.4 Å². The lowest BCUT2D eigenvalue weighted by molar-refractivity contribution is -0.122. The number of nitrogens with zero attached hydrogens (tertiary/aromatic N) is 2. The first-order valence-corrected chi connectivity index (χ1v) is 7.48. The molecule has 1 aliphatic rings. The maximum absolute atomic E-state index is 12.4. The molecule has 7 heteroatoms. The minimum Gasteiger partial charge on any atom is -0.467 e. The number of nitrogens with one attached hydrogen (secondary N) is 1. The summed E-state index contributed by atoms with van der Waals surface area (Å²) < 4.78 is 5.21. The summed E-state index contributed by atoms with van der Waals surface area (Å²) >= 11 is 0. The van der Waals surface area contributed by atoms with Crippen molar-refractivity contribution >= 4 is 17.5 Å². The fourth-order valence-corrected chi connectivity index (χ4v) is 2.79. The lowest BCUT2D eigenvalue weighted by Gasteiger charge is -2.26. The van der Waals surface area contributed by atoms with E-state index in [1.165, 1.54) is 6.20 Å². The van der Waals surface area contributed by atoms with Gasteiger partial charge in [-0.15, -0.1) is 0 Å². The summed E-state index contributed by atoms with van der Waals surface area (Å²) in [7, 11) is 0. The molecule has 7 nitrogen and oxygen atoms in total. The molecule has 2 aromatic rings. The summed E-state index contributed by atoms with van der Waals surface area (Å²) in [6.45, 7) is 1.11. The van der Waals surface area contributed by atoms with Crippen molar-refractivity contribution in [3.63, 3.8) is 0 Å². The molecule has 0 aromatic carbocycles. The van der Waals surface area contributed by atoms with Crippen LogP contribution >= 0.6 is 0 Å². The van der Waals surface area contributed by atoms with Gasteiger partial charge in [0.25, 0.3) is 5.91 Å². The second-order valence-electron chi connectivity index (χ2n) is 5.41. The Labute approximate surface area is 133 Å². The molecule has 0 radical (unpaired) electrons. The van der Waals surface area contributed by atoms with Crippen molar-refractivity contribution in [2.75, 3.05) is 11.4 Å². The molecule has 3 N–H and O–H groups in total. The third-order valence-corrected chi connectivity index (χ3v) is 3.90. The van der Waals surface area contributed by atoms with Gasteiger partial charge in [-0.05, 0) is 37.1 Å². The van der Waals surface area contributed by atoms with E-state index >= 15 is 0 Å². The number of anilines is 1. The van der Waals surface area contributed by atoms with E-state index in [-0.39, 0.29) is 17.6 Å². The summed E-state index contributed by atoms with van der Waals surface area (Å²) in [6, 6.07) is 6.74. The molecule has 23 heavy (non-hydrogen) atoms. The number of furan rings is 1. The molecule has 1 fully saturated rings. The quantitative estimate of drug-likeness (QED) is 0.859. The summed E-state index contributed by atoms with van der Waals surface area (Å²) in [6.07, 6.45) is 4.78. The number of carbonyl (C=O) groups is 2. The molecule has 0 spiro atoms. The van der Waals surface area contributed by atoms with Crippen LogP contribution < -0.4 is 16.0 Å². The maximum atomic E-state index is 12.4. The highest BCUT2D eigenvalue weighted by Crippen LogP contribution is 2.25. The van der Waals surface area contributed by atoms with Gasteiger partial charge in [-0.1, -0.05) is 0 Å². The number of hydrogen-bond donors (Lipinski definition) is 2. The number of hydrogen-bond acceptors (Lipinski definition) is 5. The van der Waals surface area contributed by atoms with Crippen LogP contribution in [-0.2, 0) is 11.3 Å². The topological polar surface area (TPSA) is 101 Å². The average molecular weight is 314 g/mol. The first-order valence-electron chi connectivity index (χ1n) is 7.48. The number of rotatable bonds is 5. The fourth-order valence-electron chi connectivity index (χ4n) is 2.79. The maximum Gasteiger partial charge on any atom is 0.267 e. The third-order valence-electron chi connectivity index (χ3n) is 3.90. The van der Waals surface area contributed by atoms with E-state index in [2.05, 4.69) is 10.3 Å². The molecule has 1 atom stereocenters. The van der Waals surface area contributed by atoms with Crippen molar-refractivity contribution in [2.45, 2.75) is 25.4 Å². The van der Waals surface area contributed by atoms with Crippen molar-refractivity contribution in [3.05, 3.63) is 48.2 Å². The molecule has 0 saturated carbocycles. The first kappa shape index (κ1) is 15.1. The van der Waals surface area contributed by atoms with Crippen LogP contribution in [0.15, 0.2) is 41.1 Å². The Kier molecular flexibility index (Phi) is 4.27. The standard InChI is InChI=1S/C16H18N4O3/c17-15(21)13-9-11(5-6-18-13)20-7-1-4-14(20)16(22)19-10-12-3-2-8-23-12/h2-3,5-6,8-9,14H,1,4,7,10H2,(H2,17,21)(H,19,22)/t14-/m1/s1. The Morgan fingerprint density at radius 3 is 3.04 bits per heavy atom. The second-order valence-corrected chi connectivity index (χ2v) is 5.41. The zero-order chi connectivity index (χ0) is 16.2.